The first kappa shape index (κ1) is 22.8. The van der Waals surface area contributed by atoms with Crippen molar-refractivity contribution in [3.63, 3.8) is 0 Å². The van der Waals surface area contributed by atoms with Crippen molar-refractivity contribution in [2.75, 3.05) is 11.1 Å². The van der Waals surface area contributed by atoms with Gasteiger partial charge in [0.2, 0.25) is 5.91 Å². The molecule has 0 radical (unpaired) electrons. The summed E-state index contributed by atoms with van der Waals surface area (Å²) in [5.41, 5.74) is 0.945. The van der Waals surface area contributed by atoms with E-state index < -0.39 is 4.92 Å². The number of hydrogen-bond donors (Lipinski definition) is 1. The number of nitro benzene ring substituents is 1. The van der Waals surface area contributed by atoms with Gasteiger partial charge in [0.25, 0.3) is 5.69 Å². The summed E-state index contributed by atoms with van der Waals surface area (Å²) < 4.78 is 7.97. The summed E-state index contributed by atoms with van der Waals surface area (Å²) in [5, 5.41) is 22.9. The zero-order valence-electron chi connectivity index (χ0n) is 18.3. The van der Waals surface area contributed by atoms with E-state index in [1.807, 2.05) is 35.8 Å². The Labute approximate surface area is 195 Å². The summed E-state index contributed by atoms with van der Waals surface area (Å²) >= 11 is 1.24. The van der Waals surface area contributed by atoms with E-state index in [4.69, 9.17) is 4.74 Å². The maximum absolute atomic E-state index is 12.4. The Balaban J connectivity index is 1.40. The third kappa shape index (κ3) is 5.51. The van der Waals surface area contributed by atoms with E-state index in [2.05, 4.69) is 15.5 Å². The minimum absolute atomic E-state index is 0.0539. The minimum Gasteiger partial charge on any atom is -0.490 e. The second-order valence-electron chi connectivity index (χ2n) is 7.71. The SMILES string of the molecule is CCn1c(SCC(=O)Nc2ccccc2[N+](=O)[O-])nnc1-c1ccc(OC2CCCC2)cc1. The lowest BCUT2D eigenvalue weighted by Crippen LogP contribution is -2.15. The van der Waals surface area contributed by atoms with Crippen LogP contribution in [0.3, 0.4) is 0 Å². The predicted octanol–water partition coefficient (Wildman–Crippen LogP) is 4.93. The van der Waals surface area contributed by atoms with Crippen molar-refractivity contribution in [1.82, 2.24) is 14.8 Å². The number of amides is 1. The van der Waals surface area contributed by atoms with E-state index in [9.17, 15) is 14.9 Å². The fourth-order valence-electron chi connectivity index (χ4n) is 3.83. The molecule has 1 aliphatic carbocycles. The van der Waals surface area contributed by atoms with Gasteiger partial charge in [-0.05, 0) is 62.9 Å². The number of carbonyl (C=O) groups excluding carboxylic acids is 1. The van der Waals surface area contributed by atoms with Crippen molar-refractivity contribution in [1.29, 1.82) is 0 Å². The van der Waals surface area contributed by atoms with E-state index in [-0.39, 0.29) is 23.0 Å². The molecule has 1 N–H and O–H groups in total. The van der Waals surface area contributed by atoms with Crippen LogP contribution in [0.2, 0.25) is 0 Å². The average molecular weight is 468 g/mol. The van der Waals surface area contributed by atoms with Crippen LogP contribution in [0.1, 0.15) is 32.6 Å². The molecule has 0 bridgehead atoms. The Bertz CT molecular complexity index is 1130. The quantitative estimate of drug-likeness (QED) is 0.270. The molecule has 1 aromatic heterocycles. The number of nitro groups is 1. The van der Waals surface area contributed by atoms with Crippen molar-refractivity contribution in [2.24, 2.45) is 0 Å². The van der Waals surface area contributed by atoms with Crippen molar-refractivity contribution in [2.45, 2.75) is 50.4 Å². The van der Waals surface area contributed by atoms with Crippen molar-refractivity contribution < 1.29 is 14.5 Å². The Kier molecular flexibility index (Phi) is 7.23. The molecule has 3 aromatic rings. The highest BCUT2D eigenvalue weighted by Crippen LogP contribution is 2.29. The summed E-state index contributed by atoms with van der Waals surface area (Å²) in [6, 6.07) is 13.9. The smallest absolute Gasteiger partial charge is 0.292 e. The van der Waals surface area contributed by atoms with Gasteiger partial charge in [-0.2, -0.15) is 0 Å². The first-order valence-electron chi connectivity index (χ1n) is 10.9. The lowest BCUT2D eigenvalue weighted by atomic mass is 10.2. The summed E-state index contributed by atoms with van der Waals surface area (Å²) in [5.74, 6) is 1.27. The highest BCUT2D eigenvalue weighted by atomic mass is 32.2. The molecular weight excluding hydrogens is 442 g/mol. The van der Waals surface area contributed by atoms with E-state index >= 15 is 0 Å². The van der Waals surface area contributed by atoms with Crippen molar-refractivity contribution >= 4 is 29.0 Å². The second kappa shape index (κ2) is 10.5. The first-order chi connectivity index (χ1) is 16.0. The molecule has 172 valence electrons. The number of rotatable bonds is 9. The number of anilines is 1. The summed E-state index contributed by atoms with van der Waals surface area (Å²) in [7, 11) is 0. The molecule has 33 heavy (non-hydrogen) atoms. The van der Waals surface area contributed by atoms with Crippen LogP contribution in [-0.2, 0) is 11.3 Å². The van der Waals surface area contributed by atoms with E-state index in [1.54, 1.807) is 12.1 Å². The Hall–Kier alpha value is -3.40. The topological polar surface area (TPSA) is 112 Å². The van der Waals surface area contributed by atoms with Crippen LogP contribution >= 0.6 is 11.8 Å². The van der Waals surface area contributed by atoms with Gasteiger partial charge in [-0.25, -0.2) is 0 Å². The molecule has 10 heteroatoms. The number of ether oxygens (including phenoxy) is 1. The largest absolute Gasteiger partial charge is 0.490 e. The zero-order chi connectivity index (χ0) is 23.2. The van der Waals surface area contributed by atoms with Crippen LogP contribution in [0.5, 0.6) is 5.75 Å². The number of hydrogen-bond acceptors (Lipinski definition) is 7. The fraction of sp³-hybridized carbons (Fsp3) is 0.348. The number of para-hydroxylation sites is 2. The highest BCUT2D eigenvalue weighted by molar-refractivity contribution is 7.99. The standard InChI is InChI=1S/C23H25N5O4S/c1-2-27-22(16-11-13-18(14-12-16)32-17-7-3-4-8-17)25-26-23(27)33-15-21(29)24-19-9-5-6-10-20(19)28(30)31/h5-6,9-14,17H,2-4,7-8,15H2,1H3,(H,24,29). The number of benzene rings is 2. The average Bonchev–Trinajstić information content (AvgIpc) is 3.48. The van der Waals surface area contributed by atoms with E-state index in [0.717, 1.165) is 24.2 Å². The Morgan fingerprint density at radius 1 is 1.18 bits per heavy atom. The molecule has 1 aliphatic rings. The summed E-state index contributed by atoms with van der Waals surface area (Å²) in [6.07, 6.45) is 4.98. The van der Waals surface area contributed by atoms with E-state index in [1.165, 1.54) is 36.7 Å². The molecule has 0 aliphatic heterocycles. The molecule has 2 aromatic carbocycles. The number of thioether (sulfide) groups is 1. The van der Waals surface area contributed by atoms with Gasteiger partial charge in [0, 0.05) is 18.2 Å². The maximum atomic E-state index is 12.4. The molecule has 0 unspecified atom stereocenters. The number of nitrogens with zero attached hydrogens (tertiary/aromatic N) is 4. The van der Waals surface area contributed by atoms with Crippen molar-refractivity contribution in [3.05, 3.63) is 58.6 Å². The molecule has 1 amide bonds. The zero-order valence-corrected chi connectivity index (χ0v) is 19.1. The second-order valence-corrected chi connectivity index (χ2v) is 8.65. The molecule has 1 heterocycles. The first-order valence-corrected chi connectivity index (χ1v) is 11.9. The number of carbonyl (C=O) groups is 1. The van der Waals surface area contributed by atoms with Gasteiger partial charge >= 0.3 is 0 Å². The molecule has 9 nitrogen and oxygen atoms in total. The van der Waals surface area contributed by atoms with E-state index in [0.29, 0.717) is 23.6 Å². The molecular formula is C23H25N5O4S. The number of nitrogens with one attached hydrogen (secondary N) is 1. The maximum Gasteiger partial charge on any atom is 0.292 e. The predicted molar refractivity (Wildman–Crippen MR) is 126 cm³/mol. The third-order valence-electron chi connectivity index (χ3n) is 5.46. The number of aromatic nitrogens is 3. The molecule has 1 fully saturated rings. The summed E-state index contributed by atoms with van der Waals surface area (Å²) in [4.78, 5) is 23.0. The van der Waals surface area contributed by atoms with Crippen LogP contribution in [0, 0.1) is 10.1 Å². The van der Waals surface area contributed by atoms with Crippen LogP contribution in [0.25, 0.3) is 11.4 Å². The van der Waals surface area contributed by atoms with Crippen LogP contribution in [-0.4, -0.2) is 37.5 Å². The highest BCUT2D eigenvalue weighted by Gasteiger charge is 2.19. The van der Waals surface area contributed by atoms with Gasteiger partial charge < -0.3 is 14.6 Å². The van der Waals surface area contributed by atoms with Gasteiger partial charge in [-0.3, -0.25) is 14.9 Å². The third-order valence-corrected chi connectivity index (χ3v) is 6.42. The molecule has 0 spiro atoms. The molecule has 0 atom stereocenters. The monoisotopic (exact) mass is 467 g/mol. The molecule has 0 saturated heterocycles. The molecule has 4 rings (SSSR count). The van der Waals surface area contributed by atoms with Gasteiger partial charge in [0.1, 0.15) is 11.4 Å². The van der Waals surface area contributed by atoms with Crippen molar-refractivity contribution in [3.8, 4) is 17.1 Å². The van der Waals surface area contributed by atoms with Crippen LogP contribution in [0.15, 0.2) is 53.7 Å². The summed E-state index contributed by atoms with van der Waals surface area (Å²) in [6.45, 7) is 2.62. The lowest BCUT2D eigenvalue weighted by molar-refractivity contribution is -0.383. The Morgan fingerprint density at radius 2 is 1.91 bits per heavy atom. The van der Waals surface area contributed by atoms with Gasteiger partial charge in [0.15, 0.2) is 11.0 Å². The van der Waals surface area contributed by atoms with Crippen LogP contribution in [0.4, 0.5) is 11.4 Å². The van der Waals surface area contributed by atoms with Crippen LogP contribution < -0.4 is 10.1 Å². The lowest BCUT2D eigenvalue weighted by Gasteiger charge is -2.13. The van der Waals surface area contributed by atoms with Gasteiger partial charge in [0.05, 0.1) is 16.8 Å². The van der Waals surface area contributed by atoms with Gasteiger partial charge in [-0.1, -0.05) is 23.9 Å². The molecule has 1 saturated carbocycles. The minimum atomic E-state index is -0.521. The fourth-order valence-corrected chi connectivity index (χ4v) is 4.63. The normalized spacial score (nSPS) is 13.7. The Morgan fingerprint density at radius 3 is 2.61 bits per heavy atom. The van der Waals surface area contributed by atoms with Gasteiger partial charge in [-0.15, -0.1) is 10.2 Å².